The summed E-state index contributed by atoms with van der Waals surface area (Å²) in [6.45, 7) is 2.17. The summed E-state index contributed by atoms with van der Waals surface area (Å²) in [7, 11) is 1.92. The summed E-state index contributed by atoms with van der Waals surface area (Å²) in [6.07, 6.45) is 2.53. The Labute approximate surface area is 44.3 Å². The average molecular weight is 100 g/mol. The topological polar surface area (TPSA) is 29.3 Å². The second-order valence-electron chi connectivity index (χ2n) is 2.61. The van der Waals surface area contributed by atoms with E-state index < -0.39 is 0 Å². The van der Waals surface area contributed by atoms with E-state index in [-0.39, 0.29) is 0 Å². The van der Waals surface area contributed by atoms with Gasteiger partial charge in [0.15, 0.2) is 0 Å². The fourth-order valence-corrected chi connectivity index (χ4v) is 0.534. The second kappa shape index (κ2) is 1.20. The fourth-order valence-electron chi connectivity index (χ4n) is 0.534. The number of nitrogens with zero attached hydrogens (tertiary/aromatic N) is 1. The fraction of sp³-hybridized carbons (Fsp3) is 1.00. The van der Waals surface area contributed by atoms with Crippen LogP contribution in [0, 0.1) is 0 Å². The lowest BCUT2D eigenvalue weighted by molar-refractivity contribution is 0.246. The molecular weight excluding hydrogens is 88.1 g/mol. The van der Waals surface area contributed by atoms with Crippen LogP contribution in [0.3, 0.4) is 0 Å². The third-order valence-electron chi connectivity index (χ3n) is 1.83. The SMILES string of the molecule is CN(N)C1(C)CC1. The standard InChI is InChI=1S/C5H12N2/c1-5(3-4-5)7(2)6/h3-4,6H2,1-2H3. The van der Waals surface area contributed by atoms with E-state index in [0.717, 1.165) is 0 Å². The summed E-state index contributed by atoms with van der Waals surface area (Å²) in [5.74, 6) is 5.47. The molecule has 2 N–H and O–H groups in total. The van der Waals surface area contributed by atoms with Gasteiger partial charge in [-0.3, -0.25) is 5.84 Å². The van der Waals surface area contributed by atoms with Gasteiger partial charge in [-0.25, -0.2) is 5.01 Å². The van der Waals surface area contributed by atoms with Gasteiger partial charge in [-0.05, 0) is 19.8 Å². The molecule has 0 amide bonds. The Morgan fingerprint density at radius 1 is 1.57 bits per heavy atom. The predicted molar refractivity (Wildman–Crippen MR) is 29.6 cm³/mol. The lowest BCUT2D eigenvalue weighted by Crippen LogP contribution is -2.36. The van der Waals surface area contributed by atoms with Gasteiger partial charge in [-0.2, -0.15) is 0 Å². The number of hydrogen-bond donors (Lipinski definition) is 1. The van der Waals surface area contributed by atoms with Gasteiger partial charge in [-0.15, -0.1) is 0 Å². The molecule has 0 aromatic carbocycles. The molecule has 1 rings (SSSR count). The highest BCUT2D eigenvalue weighted by molar-refractivity contribution is 4.96. The molecule has 0 spiro atoms. The second-order valence-corrected chi connectivity index (χ2v) is 2.61. The van der Waals surface area contributed by atoms with Crippen LogP contribution >= 0.6 is 0 Å². The molecule has 1 saturated carbocycles. The van der Waals surface area contributed by atoms with E-state index >= 15 is 0 Å². The van der Waals surface area contributed by atoms with Gasteiger partial charge >= 0.3 is 0 Å². The molecule has 1 aliphatic carbocycles. The van der Waals surface area contributed by atoms with E-state index in [2.05, 4.69) is 6.92 Å². The molecule has 0 atom stereocenters. The molecule has 1 fully saturated rings. The van der Waals surface area contributed by atoms with Crippen molar-refractivity contribution in [2.75, 3.05) is 7.05 Å². The minimum atomic E-state index is 0.361. The molecule has 0 aromatic rings. The molecule has 0 bridgehead atoms. The Bertz CT molecular complexity index is 74.1. The number of hydrazine groups is 1. The minimum absolute atomic E-state index is 0.361. The Morgan fingerprint density at radius 2 is 2.00 bits per heavy atom. The highest BCUT2D eigenvalue weighted by atomic mass is 15.4. The Morgan fingerprint density at radius 3 is 2.00 bits per heavy atom. The molecule has 0 saturated heterocycles. The summed E-state index contributed by atoms with van der Waals surface area (Å²) in [6, 6.07) is 0. The van der Waals surface area contributed by atoms with Gasteiger partial charge in [0.05, 0.1) is 0 Å². The summed E-state index contributed by atoms with van der Waals surface area (Å²) in [5.41, 5.74) is 0.361. The van der Waals surface area contributed by atoms with Gasteiger partial charge in [0.1, 0.15) is 0 Å². The maximum Gasteiger partial charge on any atom is 0.0322 e. The van der Waals surface area contributed by atoms with Crippen LogP contribution in [0.2, 0.25) is 0 Å². The van der Waals surface area contributed by atoms with Crippen LogP contribution in [0.15, 0.2) is 0 Å². The summed E-state index contributed by atoms with van der Waals surface area (Å²) in [5, 5.41) is 1.80. The molecule has 2 heteroatoms. The normalized spacial score (nSPS) is 25.7. The molecule has 0 heterocycles. The van der Waals surface area contributed by atoms with Crippen molar-refractivity contribution in [1.82, 2.24) is 5.01 Å². The van der Waals surface area contributed by atoms with E-state index in [9.17, 15) is 0 Å². The van der Waals surface area contributed by atoms with Crippen LogP contribution in [0.4, 0.5) is 0 Å². The van der Waals surface area contributed by atoms with Crippen LogP contribution in [0.25, 0.3) is 0 Å². The van der Waals surface area contributed by atoms with Crippen molar-refractivity contribution in [3.8, 4) is 0 Å². The lowest BCUT2D eigenvalue weighted by atomic mass is 10.3. The molecule has 0 radical (unpaired) electrons. The third-order valence-corrected chi connectivity index (χ3v) is 1.83. The predicted octanol–water partition coefficient (Wildman–Crippen LogP) is 0.344. The first-order chi connectivity index (χ1) is 3.15. The highest BCUT2D eigenvalue weighted by Crippen LogP contribution is 2.37. The van der Waals surface area contributed by atoms with Gasteiger partial charge in [0.2, 0.25) is 0 Å². The molecule has 2 nitrogen and oxygen atoms in total. The van der Waals surface area contributed by atoms with Gasteiger partial charge < -0.3 is 0 Å². The van der Waals surface area contributed by atoms with Crippen molar-refractivity contribution >= 4 is 0 Å². The molecule has 0 unspecified atom stereocenters. The number of hydrogen-bond acceptors (Lipinski definition) is 2. The number of rotatable bonds is 1. The maximum absolute atomic E-state index is 5.47. The molecule has 42 valence electrons. The van der Waals surface area contributed by atoms with Crippen molar-refractivity contribution in [2.24, 2.45) is 5.84 Å². The van der Waals surface area contributed by atoms with E-state index in [0.29, 0.717) is 5.54 Å². The van der Waals surface area contributed by atoms with Crippen LogP contribution in [-0.2, 0) is 0 Å². The summed E-state index contributed by atoms with van der Waals surface area (Å²) >= 11 is 0. The molecule has 1 aliphatic rings. The average Bonchev–Trinajstić information content (AvgIpc) is 2.21. The van der Waals surface area contributed by atoms with E-state index in [1.54, 1.807) is 5.01 Å². The van der Waals surface area contributed by atoms with Crippen molar-refractivity contribution < 1.29 is 0 Å². The highest BCUT2D eigenvalue weighted by Gasteiger charge is 2.39. The first kappa shape index (κ1) is 5.06. The Kier molecular flexibility index (Phi) is 0.869. The quantitative estimate of drug-likeness (QED) is 0.380. The zero-order valence-corrected chi connectivity index (χ0v) is 4.94. The van der Waals surface area contributed by atoms with Crippen molar-refractivity contribution in [3.63, 3.8) is 0 Å². The van der Waals surface area contributed by atoms with Crippen LogP contribution < -0.4 is 5.84 Å². The van der Waals surface area contributed by atoms with E-state index in [1.807, 2.05) is 7.05 Å². The molecule has 0 aromatic heterocycles. The molecule has 7 heavy (non-hydrogen) atoms. The maximum atomic E-state index is 5.47. The zero-order chi connectivity index (χ0) is 5.49. The van der Waals surface area contributed by atoms with E-state index in [1.165, 1.54) is 12.8 Å². The first-order valence-corrected chi connectivity index (χ1v) is 2.64. The summed E-state index contributed by atoms with van der Waals surface area (Å²) in [4.78, 5) is 0. The van der Waals surface area contributed by atoms with Crippen LogP contribution in [0.1, 0.15) is 19.8 Å². The van der Waals surface area contributed by atoms with Gasteiger partial charge in [-0.1, -0.05) is 0 Å². The smallest absolute Gasteiger partial charge is 0.0322 e. The zero-order valence-electron chi connectivity index (χ0n) is 4.94. The van der Waals surface area contributed by atoms with Crippen LogP contribution in [0.5, 0.6) is 0 Å². The summed E-state index contributed by atoms with van der Waals surface area (Å²) < 4.78 is 0. The van der Waals surface area contributed by atoms with Crippen molar-refractivity contribution in [2.45, 2.75) is 25.3 Å². The van der Waals surface area contributed by atoms with Gasteiger partial charge in [0.25, 0.3) is 0 Å². The minimum Gasteiger partial charge on any atom is -0.269 e. The molecular formula is C5H12N2. The third kappa shape index (κ3) is 0.763. The van der Waals surface area contributed by atoms with E-state index in [4.69, 9.17) is 5.84 Å². The Balaban J connectivity index is 2.39. The number of nitrogens with two attached hydrogens (primary N) is 1. The molecule has 0 aliphatic heterocycles. The lowest BCUT2D eigenvalue weighted by Gasteiger charge is -2.16. The van der Waals surface area contributed by atoms with Crippen molar-refractivity contribution in [1.29, 1.82) is 0 Å². The van der Waals surface area contributed by atoms with Crippen LogP contribution in [-0.4, -0.2) is 17.6 Å². The monoisotopic (exact) mass is 100 g/mol. The van der Waals surface area contributed by atoms with Crippen molar-refractivity contribution in [3.05, 3.63) is 0 Å². The Hall–Kier alpha value is -0.0800. The first-order valence-electron chi connectivity index (χ1n) is 2.64. The van der Waals surface area contributed by atoms with Gasteiger partial charge in [0, 0.05) is 12.6 Å². The largest absolute Gasteiger partial charge is 0.269 e.